The second-order valence-corrected chi connectivity index (χ2v) is 5.95. The van der Waals surface area contributed by atoms with Gasteiger partial charge in [-0.05, 0) is 18.4 Å². The topological polar surface area (TPSA) is 36.9 Å². The van der Waals surface area contributed by atoms with Crippen LogP contribution < -0.4 is 5.32 Å². The van der Waals surface area contributed by atoms with Gasteiger partial charge < -0.3 is 15.0 Å². The fraction of sp³-hybridized carbons (Fsp3) is 0.611. The predicted octanol–water partition coefficient (Wildman–Crippen LogP) is 3.07. The lowest BCUT2D eigenvalue weighted by Crippen LogP contribution is -2.41. The zero-order valence-corrected chi connectivity index (χ0v) is 14.1. The Hall–Kier alpha value is -1.55. The van der Waals surface area contributed by atoms with E-state index in [0.29, 0.717) is 5.92 Å². The zero-order valence-electron chi connectivity index (χ0n) is 14.1. The molecule has 4 nitrogen and oxygen atoms in total. The summed E-state index contributed by atoms with van der Waals surface area (Å²) in [5, 5.41) is 3.52. The van der Waals surface area contributed by atoms with Gasteiger partial charge in [-0.2, -0.15) is 0 Å². The molecule has 0 amide bonds. The number of benzene rings is 1. The van der Waals surface area contributed by atoms with Gasteiger partial charge >= 0.3 is 0 Å². The summed E-state index contributed by atoms with van der Waals surface area (Å²) in [5.74, 6) is 1.48. The van der Waals surface area contributed by atoms with Crippen LogP contribution in [0.25, 0.3) is 0 Å². The third-order valence-corrected chi connectivity index (χ3v) is 4.29. The molecule has 122 valence electrons. The minimum Gasteiger partial charge on any atom is -0.373 e. The number of nitrogens with one attached hydrogen (secondary N) is 1. The van der Waals surface area contributed by atoms with Crippen molar-refractivity contribution in [1.29, 1.82) is 0 Å². The Morgan fingerprint density at radius 3 is 2.82 bits per heavy atom. The molecule has 1 saturated heterocycles. The van der Waals surface area contributed by atoms with Gasteiger partial charge in [0.25, 0.3) is 0 Å². The predicted molar refractivity (Wildman–Crippen MR) is 92.1 cm³/mol. The number of hydrogen-bond donors (Lipinski definition) is 1. The Kier molecular flexibility index (Phi) is 6.72. The lowest BCUT2D eigenvalue weighted by molar-refractivity contribution is 0.0914. The van der Waals surface area contributed by atoms with Crippen LogP contribution in [0.5, 0.6) is 0 Å². The van der Waals surface area contributed by atoms with Crippen LogP contribution >= 0.6 is 0 Å². The van der Waals surface area contributed by atoms with E-state index in [9.17, 15) is 0 Å². The first-order chi connectivity index (χ1) is 10.8. The summed E-state index contributed by atoms with van der Waals surface area (Å²) in [6.07, 6.45) is 3.69. The van der Waals surface area contributed by atoms with Gasteiger partial charge in [-0.1, -0.05) is 43.7 Å². The number of rotatable bonds is 6. The second kappa shape index (κ2) is 8.79. The maximum absolute atomic E-state index is 5.95. The Bertz CT molecular complexity index is 461. The van der Waals surface area contributed by atoms with E-state index in [-0.39, 0.29) is 6.10 Å². The number of unbranched alkanes of at least 4 members (excludes halogenated alkanes) is 1. The number of ether oxygens (including phenoxy) is 1. The Morgan fingerprint density at radius 1 is 1.36 bits per heavy atom. The highest BCUT2D eigenvalue weighted by molar-refractivity contribution is 5.79. The van der Waals surface area contributed by atoms with Gasteiger partial charge in [0.2, 0.25) is 0 Å². The molecule has 2 unspecified atom stereocenters. The molecule has 1 aromatic carbocycles. The van der Waals surface area contributed by atoms with E-state index in [1.54, 1.807) is 0 Å². The van der Waals surface area contributed by atoms with Crippen molar-refractivity contribution in [3.05, 3.63) is 35.9 Å². The van der Waals surface area contributed by atoms with Crippen molar-refractivity contribution in [2.45, 2.75) is 32.3 Å². The van der Waals surface area contributed by atoms with Gasteiger partial charge in [-0.25, -0.2) is 0 Å². The summed E-state index contributed by atoms with van der Waals surface area (Å²) in [5.41, 5.74) is 1.28. The van der Waals surface area contributed by atoms with Gasteiger partial charge in [-0.3, -0.25) is 4.99 Å². The molecule has 4 heteroatoms. The smallest absolute Gasteiger partial charge is 0.193 e. The van der Waals surface area contributed by atoms with Gasteiger partial charge in [0.05, 0.1) is 6.10 Å². The molecule has 1 aromatic rings. The van der Waals surface area contributed by atoms with Crippen molar-refractivity contribution in [3.8, 4) is 0 Å². The molecule has 1 heterocycles. The van der Waals surface area contributed by atoms with Crippen LogP contribution in [-0.4, -0.2) is 44.7 Å². The normalized spacial score (nSPS) is 21.9. The Morgan fingerprint density at radius 2 is 2.14 bits per heavy atom. The van der Waals surface area contributed by atoms with Crippen LogP contribution in [0, 0.1) is 5.92 Å². The largest absolute Gasteiger partial charge is 0.373 e. The maximum atomic E-state index is 5.95. The van der Waals surface area contributed by atoms with E-state index in [2.05, 4.69) is 59.5 Å². The van der Waals surface area contributed by atoms with Crippen molar-refractivity contribution < 1.29 is 4.74 Å². The molecule has 2 atom stereocenters. The van der Waals surface area contributed by atoms with Crippen LogP contribution in [0.1, 0.15) is 37.9 Å². The molecule has 1 fully saturated rings. The van der Waals surface area contributed by atoms with Crippen LogP contribution in [0.2, 0.25) is 0 Å². The Labute approximate surface area is 134 Å². The van der Waals surface area contributed by atoms with Crippen molar-refractivity contribution >= 4 is 5.96 Å². The van der Waals surface area contributed by atoms with Gasteiger partial charge in [0, 0.05) is 39.7 Å². The van der Waals surface area contributed by atoms with E-state index in [4.69, 9.17) is 4.74 Å². The Balaban J connectivity index is 1.89. The van der Waals surface area contributed by atoms with E-state index < -0.39 is 0 Å². The van der Waals surface area contributed by atoms with Crippen molar-refractivity contribution in [2.75, 3.05) is 33.8 Å². The SMILES string of the molecule is CCCCN(C)C(=NC)NCC1CCOC1c1ccccc1. The summed E-state index contributed by atoms with van der Waals surface area (Å²) in [4.78, 5) is 6.60. The van der Waals surface area contributed by atoms with Crippen LogP contribution in [0.4, 0.5) is 0 Å². The average molecular weight is 303 g/mol. The molecule has 2 rings (SSSR count). The van der Waals surface area contributed by atoms with Gasteiger partial charge in [0.15, 0.2) is 5.96 Å². The highest BCUT2D eigenvalue weighted by atomic mass is 16.5. The number of aliphatic imine (C=N–C) groups is 1. The maximum Gasteiger partial charge on any atom is 0.193 e. The molecule has 22 heavy (non-hydrogen) atoms. The van der Waals surface area contributed by atoms with Gasteiger partial charge in [0.1, 0.15) is 0 Å². The van der Waals surface area contributed by atoms with E-state index in [0.717, 1.165) is 32.1 Å². The fourth-order valence-electron chi connectivity index (χ4n) is 2.96. The lowest BCUT2D eigenvalue weighted by atomic mass is 9.95. The van der Waals surface area contributed by atoms with Crippen molar-refractivity contribution in [3.63, 3.8) is 0 Å². The van der Waals surface area contributed by atoms with Gasteiger partial charge in [-0.15, -0.1) is 0 Å². The van der Waals surface area contributed by atoms with Crippen molar-refractivity contribution in [1.82, 2.24) is 10.2 Å². The van der Waals surface area contributed by atoms with E-state index >= 15 is 0 Å². The lowest BCUT2D eigenvalue weighted by Gasteiger charge is -2.25. The second-order valence-electron chi connectivity index (χ2n) is 5.95. The first-order valence-electron chi connectivity index (χ1n) is 8.34. The van der Waals surface area contributed by atoms with Crippen LogP contribution in [0.3, 0.4) is 0 Å². The molecule has 1 aliphatic rings. The monoisotopic (exact) mass is 303 g/mol. The minimum absolute atomic E-state index is 0.202. The minimum atomic E-state index is 0.202. The van der Waals surface area contributed by atoms with E-state index in [1.165, 1.54) is 18.4 Å². The zero-order chi connectivity index (χ0) is 15.8. The molecule has 0 saturated carbocycles. The standard InChI is InChI=1S/C18H29N3O/c1-4-5-12-21(3)18(19-2)20-14-16-11-13-22-17(16)15-9-7-6-8-10-15/h6-10,16-17H,4-5,11-14H2,1-3H3,(H,19,20). The number of nitrogens with zero attached hydrogens (tertiary/aromatic N) is 2. The summed E-state index contributed by atoms with van der Waals surface area (Å²) in [6, 6.07) is 10.5. The fourth-order valence-corrected chi connectivity index (χ4v) is 2.96. The molecular weight excluding hydrogens is 274 g/mol. The van der Waals surface area contributed by atoms with E-state index in [1.807, 2.05) is 7.05 Å². The summed E-state index contributed by atoms with van der Waals surface area (Å²) < 4.78 is 5.95. The molecule has 1 aliphatic heterocycles. The first-order valence-corrected chi connectivity index (χ1v) is 8.34. The highest BCUT2D eigenvalue weighted by Crippen LogP contribution is 2.33. The summed E-state index contributed by atoms with van der Waals surface area (Å²) in [6.45, 7) is 5.00. The molecule has 0 aromatic heterocycles. The summed E-state index contributed by atoms with van der Waals surface area (Å²) in [7, 11) is 3.95. The molecular formula is C18H29N3O. The first kappa shape index (κ1) is 16.8. The third kappa shape index (κ3) is 4.47. The molecule has 0 aliphatic carbocycles. The van der Waals surface area contributed by atoms with Crippen molar-refractivity contribution in [2.24, 2.45) is 10.9 Å². The number of guanidine groups is 1. The highest BCUT2D eigenvalue weighted by Gasteiger charge is 2.29. The number of hydrogen-bond acceptors (Lipinski definition) is 2. The quantitative estimate of drug-likeness (QED) is 0.648. The third-order valence-electron chi connectivity index (χ3n) is 4.29. The molecule has 1 N–H and O–H groups in total. The molecule has 0 spiro atoms. The molecule has 0 bridgehead atoms. The average Bonchev–Trinajstić information content (AvgIpc) is 3.02. The van der Waals surface area contributed by atoms with Crippen LogP contribution in [0.15, 0.2) is 35.3 Å². The van der Waals surface area contributed by atoms with Crippen LogP contribution in [-0.2, 0) is 4.74 Å². The summed E-state index contributed by atoms with van der Waals surface area (Å²) >= 11 is 0. The molecule has 0 radical (unpaired) electrons.